The summed E-state index contributed by atoms with van der Waals surface area (Å²) in [6.07, 6.45) is 5.87. The molecule has 27 heavy (non-hydrogen) atoms. The molecule has 0 amide bonds. The van der Waals surface area contributed by atoms with Crippen molar-refractivity contribution in [3.05, 3.63) is 33.0 Å². The van der Waals surface area contributed by atoms with Crippen molar-refractivity contribution in [1.82, 2.24) is 25.4 Å². The maximum Gasteiger partial charge on any atom is 0.191 e. The molecule has 0 aliphatic heterocycles. The summed E-state index contributed by atoms with van der Waals surface area (Å²) in [7, 11) is 2.02. The van der Waals surface area contributed by atoms with Crippen LogP contribution in [-0.4, -0.2) is 33.8 Å². The van der Waals surface area contributed by atoms with Crippen molar-refractivity contribution in [2.75, 3.05) is 13.1 Å². The molecule has 0 aromatic carbocycles. The highest BCUT2D eigenvalue weighted by atomic mass is 127. The molecule has 6 nitrogen and oxygen atoms in total. The Hall–Kier alpha value is -1.16. The predicted octanol–water partition coefficient (Wildman–Crippen LogP) is 3.48. The van der Waals surface area contributed by atoms with Gasteiger partial charge in [-0.1, -0.05) is 20.8 Å². The van der Waals surface area contributed by atoms with Gasteiger partial charge in [0.1, 0.15) is 0 Å². The fourth-order valence-corrected chi connectivity index (χ4v) is 3.85. The van der Waals surface area contributed by atoms with E-state index in [1.165, 1.54) is 21.1 Å². The molecule has 0 aliphatic carbocycles. The smallest absolute Gasteiger partial charge is 0.191 e. The Morgan fingerprint density at radius 2 is 1.93 bits per heavy atom. The topological polar surface area (TPSA) is 67.1 Å². The molecule has 0 aliphatic rings. The summed E-state index contributed by atoms with van der Waals surface area (Å²) in [6, 6.07) is 0. The largest absolute Gasteiger partial charge is 0.357 e. The number of nitrogens with zero attached hydrogens (tertiary/aromatic N) is 4. The average Bonchev–Trinajstić information content (AvgIpc) is 3.22. The Morgan fingerprint density at radius 1 is 1.15 bits per heavy atom. The number of hydrogen-bond acceptors (Lipinski definition) is 4. The summed E-state index contributed by atoms with van der Waals surface area (Å²) in [5.41, 5.74) is 3.69. The van der Waals surface area contributed by atoms with Crippen LogP contribution in [0.1, 0.15) is 54.5 Å². The average molecular weight is 504 g/mol. The molecule has 0 fully saturated rings. The number of rotatable bonds is 9. The summed E-state index contributed by atoms with van der Waals surface area (Å²) in [5, 5.41) is 12.6. The molecule has 8 heteroatoms. The zero-order valence-electron chi connectivity index (χ0n) is 17.1. The van der Waals surface area contributed by atoms with Gasteiger partial charge in [-0.15, -0.1) is 35.3 Å². The van der Waals surface area contributed by atoms with E-state index in [9.17, 15) is 0 Å². The highest BCUT2D eigenvalue weighted by Gasteiger charge is 2.13. The second-order valence-electron chi connectivity index (χ2n) is 6.15. The molecule has 0 radical (unpaired) electrons. The van der Waals surface area contributed by atoms with Crippen LogP contribution >= 0.6 is 35.3 Å². The third-order valence-electron chi connectivity index (χ3n) is 4.35. The monoisotopic (exact) mass is 504 g/mol. The lowest BCUT2D eigenvalue weighted by atomic mass is 10.1. The lowest BCUT2D eigenvalue weighted by Crippen LogP contribution is -2.38. The number of nitrogens with one attached hydrogen (secondary N) is 2. The van der Waals surface area contributed by atoms with Gasteiger partial charge in [-0.05, 0) is 26.2 Å². The van der Waals surface area contributed by atoms with Gasteiger partial charge in [0.2, 0.25) is 0 Å². The third-order valence-corrected chi connectivity index (χ3v) is 5.55. The Morgan fingerprint density at radius 3 is 2.52 bits per heavy atom. The van der Waals surface area contributed by atoms with Gasteiger partial charge < -0.3 is 10.6 Å². The van der Waals surface area contributed by atoms with E-state index in [0.717, 1.165) is 50.4 Å². The standard InChI is InChI=1S/C19H32N6S.HI/c1-6-14-12-22-18(26-14)10-11-21-19(20-9-4)23-13-15-16(7-2)24-25(5)17(15)8-3;/h12H,6-11,13H2,1-5H3,(H2,20,21,23);1H. The molecule has 0 spiro atoms. The third kappa shape index (κ3) is 6.74. The number of aromatic nitrogens is 3. The van der Waals surface area contributed by atoms with Crippen LogP contribution in [0.3, 0.4) is 0 Å². The SMILES string of the molecule is CCNC(=NCc1c(CC)nn(C)c1CC)NCCc1ncc(CC)s1.I. The van der Waals surface area contributed by atoms with Gasteiger partial charge >= 0.3 is 0 Å². The van der Waals surface area contributed by atoms with E-state index in [1.54, 1.807) is 11.3 Å². The van der Waals surface area contributed by atoms with Crippen molar-refractivity contribution in [3.8, 4) is 0 Å². The molecule has 0 bridgehead atoms. The van der Waals surface area contributed by atoms with E-state index in [0.29, 0.717) is 6.54 Å². The van der Waals surface area contributed by atoms with Crippen LogP contribution in [0.25, 0.3) is 0 Å². The molecule has 2 heterocycles. The van der Waals surface area contributed by atoms with Crippen molar-refractivity contribution in [2.45, 2.75) is 59.9 Å². The van der Waals surface area contributed by atoms with Gasteiger partial charge in [0.15, 0.2) is 5.96 Å². The summed E-state index contributed by atoms with van der Waals surface area (Å²) in [6.45, 7) is 10.9. The first-order valence-corrected chi connectivity index (χ1v) is 10.4. The molecular formula is C19H33IN6S. The minimum atomic E-state index is 0. The summed E-state index contributed by atoms with van der Waals surface area (Å²) >= 11 is 1.80. The molecule has 2 rings (SSSR count). The molecule has 2 N–H and O–H groups in total. The fourth-order valence-electron chi connectivity index (χ4n) is 2.99. The Bertz CT molecular complexity index is 722. The van der Waals surface area contributed by atoms with Crippen LogP contribution in [0.2, 0.25) is 0 Å². The minimum absolute atomic E-state index is 0. The molecule has 0 saturated carbocycles. The second kappa shape index (κ2) is 12.3. The normalized spacial score (nSPS) is 11.4. The quantitative estimate of drug-likeness (QED) is 0.312. The number of guanidine groups is 1. The lowest BCUT2D eigenvalue weighted by Gasteiger charge is -2.11. The minimum Gasteiger partial charge on any atom is -0.357 e. The van der Waals surface area contributed by atoms with Crippen molar-refractivity contribution in [2.24, 2.45) is 12.0 Å². The molecule has 152 valence electrons. The van der Waals surface area contributed by atoms with Gasteiger partial charge in [-0.2, -0.15) is 5.10 Å². The van der Waals surface area contributed by atoms with Crippen molar-refractivity contribution in [1.29, 1.82) is 0 Å². The molecular weight excluding hydrogens is 471 g/mol. The molecule has 2 aromatic rings. The number of thiazole rings is 1. The molecule has 2 aromatic heterocycles. The van der Waals surface area contributed by atoms with Crippen LogP contribution in [0.5, 0.6) is 0 Å². The Kier molecular flexibility index (Phi) is 10.9. The Balaban J connectivity index is 0.00000364. The number of halogens is 1. The first-order chi connectivity index (χ1) is 12.6. The van der Waals surface area contributed by atoms with Crippen LogP contribution in [-0.2, 0) is 39.3 Å². The molecule has 0 atom stereocenters. The zero-order chi connectivity index (χ0) is 18.9. The van der Waals surface area contributed by atoms with E-state index >= 15 is 0 Å². The number of aliphatic imine (C=N–C) groups is 1. The van der Waals surface area contributed by atoms with Gasteiger partial charge in [0.25, 0.3) is 0 Å². The van der Waals surface area contributed by atoms with Crippen molar-refractivity contribution in [3.63, 3.8) is 0 Å². The van der Waals surface area contributed by atoms with Gasteiger partial charge in [0, 0.05) is 48.9 Å². The molecule has 0 unspecified atom stereocenters. The maximum atomic E-state index is 4.79. The lowest BCUT2D eigenvalue weighted by molar-refractivity contribution is 0.703. The zero-order valence-corrected chi connectivity index (χ0v) is 20.3. The van der Waals surface area contributed by atoms with Gasteiger partial charge in [-0.25, -0.2) is 9.98 Å². The summed E-state index contributed by atoms with van der Waals surface area (Å²) in [4.78, 5) is 10.6. The van der Waals surface area contributed by atoms with Crippen LogP contribution in [0.15, 0.2) is 11.2 Å². The van der Waals surface area contributed by atoms with E-state index < -0.39 is 0 Å². The number of hydrogen-bond donors (Lipinski definition) is 2. The summed E-state index contributed by atoms with van der Waals surface area (Å²) < 4.78 is 2.00. The van der Waals surface area contributed by atoms with E-state index in [4.69, 9.17) is 4.99 Å². The van der Waals surface area contributed by atoms with Crippen LogP contribution < -0.4 is 10.6 Å². The van der Waals surface area contributed by atoms with Gasteiger partial charge in [0.05, 0.1) is 17.2 Å². The first kappa shape index (κ1) is 23.9. The van der Waals surface area contributed by atoms with Crippen molar-refractivity contribution < 1.29 is 0 Å². The first-order valence-electron chi connectivity index (χ1n) is 9.62. The fraction of sp³-hybridized carbons (Fsp3) is 0.632. The number of aryl methyl sites for hydroxylation is 3. The summed E-state index contributed by atoms with van der Waals surface area (Å²) in [5.74, 6) is 0.854. The maximum absolute atomic E-state index is 4.79. The van der Waals surface area contributed by atoms with Crippen LogP contribution in [0.4, 0.5) is 0 Å². The Labute approximate surface area is 184 Å². The van der Waals surface area contributed by atoms with Crippen LogP contribution in [0, 0.1) is 0 Å². The van der Waals surface area contributed by atoms with Crippen molar-refractivity contribution >= 4 is 41.3 Å². The van der Waals surface area contributed by atoms with E-state index in [2.05, 4.69) is 48.4 Å². The van der Waals surface area contributed by atoms with Gasteiger partial charge in [-0.3, -0.25) is 4.68 Å². The van der Waals surface area contributed by atoms with E-state index in [-0.39, 0.29) is 24.0 Å². The molecule has 0 saturated heterocycles. The second-order valence-corrected chi connectivity index (χ2v) is 7.35. The predicted molar refractivity (Wildman–Crippen MR) is 125 cm³/mol. The highest BCUT2D eigenvalue weighted by Crippen LogP contribution is 2.16. The van der Waals surface area contributed by atoms with E-state index in [1.807, 2.05) is 17.9 Å². The highest BCUT2D eigenvalue weighted by molar-refractivity contribution is 14.0.